The summed E-state index contributed by atoms with van der Waals surface area (Å²) in [5.74, 6) is 8.78. The third-order valence-electron chi connectivity index (χ3n) is 4.05. The van der Waals surface area contributed by atoms with Crippen molar-refractivity contribution < 1.29 is 13.9 Å². The number of halogens is 1. The zero-order valence-corrected chi connectivity index (χ0v) is 16.7. The summed E-state index contributed by atoms with van der Waals surface area (Å²) >= 11 is 1.43. The van der Waals surface area contributed by atoms with Gasteiger partial charge in [-0.15, -0.1) is 10.2 Å². The first-order valence-corrected chi connectivity index (χ1v) is 9.95. The molecule has 0 saturated heterocycles. The minimum Gasteiger partial charge on any atom is -0.493 e. The minimum absolute atomic E-state index is 0.233. The van der Waals surface area contributed by atoms with E-state index in [1.54, 1.807) is 12.1 Å². The Morgan fingerprint density at radius 2 is 1.64 bits per heavy atom. The van der Waals surface area contributed by atoms with Crippen LogP contribution < -0.4 is 15.3 Å². The van der Waals surface area contributed by atoms with Crippen molar-refractivity contribution in [1.82, 2.24) is 14.9 Å². The van der Waals surface area contributed by atoms with E-state index < -0.39 is 0 Å². The van der Waals surface area contributed by atoms with Gasteiger partial charge in [-0.05, 0) is 47.9 Å². The Morgan fingerprint density at radius 3 is 2.32 bits per heavy atom. The number of ether oxygens (including phenoxy) is 2. The van der Waals surface area contributed by atoms with Gasteiger partial charge in [-0.3, -0.25) is 0 Å². The molecule has 28 heavy (non-hydrogen) atoms. The van der Waals surface area contributed by atoms with Crippen LogP contribution in [0, 0.1) is 5.82 Å². The number of hydrogen-bond donors (Lipinski definition) is 1. The van der Waals surface area contributed by atoms with Crippen LogP contribution in [0.1, 0.15) is 31.2 Å². The molecule has 0 bridgehead atoms. The molecular formula is C20H23FN4O2S. The SMILES string of the molecule is CC(C)c1ccc(OCc2nnc(SCCOc3ccc(F)cc3)n2N)cc1. The van der Waals surface area contributed by atoms with Crippen molar-refractivity contribution in [1.29, 1.82) is 0 Å². The highest BCUT2D eigenvalue weighted by Crippen LogP contribution is 2.20. The number of nitrogen functional groups attached to an aromatic ring is 1. The van der Waals surface area contributed by atoms with E-state index in [9.17, 15) is 4.39 Å². The van der Waals surface area contributed by atoms with E-state index in [1.165, 1.54) is 34.1 Å². The van der Waals surface area contributed by atoms with Gasteiger partial charge >= 0.3 is 0 Å². The number of nitrogens with two attached hydrogens (primary N) is 1. The van der Waals surface area contributed by atoms with Crippen molar-refractivity contribution in [3.05, 3.63) is 65.7 Å². The molecule has 2 N–H and O–H groups in total. The Hall–Kier alpha value is -2.74. The van der Waals surface area contributed by atoms with Crippen LogP contribution in [0.2, 0.25) is 0 Å². The van der Waals surface area contributed by atoms with Gasteiger partial charge in [0.2, 0.25) is 5.16 Å². The second-order valence-corrected chi connectivity index (χ2v) is 7.49. The molecule has 0 amide bonds. The molecular weight excluding hydrogens is 379 g/mol. The van der Waals surface area contributed by atoms with Crippen LogP contribution in [0.5, 0.6) is 11.5 Å². The quantitative estimate of drug-likeness (QED) is 0.331. The summed E-state index contributed by atoms with van der Waals surface area (Å²) in [5.41, 5.74) is 1.26. The first-order chi connectivity index (χ1) is 13.5. The summed E-state index contributed by atoms with van der Waals surface area (Å²) in [6.07, 6.45) is 0. The maximum atomic E-state index is 12.9. The maximum absolute atomic E-state index is 12.9. The Balaban J connectivity index is 1.46. The average Bonchev–Trinajstić information content (AvgIpc) is 3.05. The standard InChI is InChI=1S/C20H23FN4O2S/c1-14(2)15-3-7-18(8-4-15)27-13-19-23-24-20(25(19)22)28-12-11-26-17-9-5-16(21)6-10-17/h3-10,14H,11-13,22H2,1-2H3. The lowest BCUT2D eigenvalue weighted by Gasteiger charge is -2.09. The van der Waals surface area contributed by atoms with Crippen LogP contribution >= 0.6 is 11.8 Å². The molecule has 3 rings (SSSR count). The van der Waals surface area contributed by atoms with Crippen molar-refractivity contribution in [3.8, 4) is 11.5 Å². The molecule has 0 atom stereocenters. The van der Waals surface area contributed by atoms with Gasteiger partial charge in [0.25, 0.3) is 0 Å². The molecule has 6 nitrogen and oxygen atoms in total. The molecule has 0 saturated carbocycles. The van der Waals surface area contributed by atoms with Crippen molar-refractivity contribution in [2.75, 3.05) is 18.2 Å². The Morgan fingerprint density at radius 1 is 1.00 bits per heavy atom. The number of aromatic nitrogens is 3. The normalized spacial score (nSPS) is 11.0. The van der Waals surface area contributed by atoms with Crippen molar-refractivity contribution >= 4 is 11.8 Å². The van der Waals surface area contributed by atoms with Crippen LogP contribution in [-0.2, 0) is 6.61 Å². The van der Waals surface area contributed by atoms with Crippen LogP contribution in [0.15, 0.2) is 53.7 Å². The van der Waals surface area contributed by atoms with Crippen molar-refractivity contribution in [3.63, 3.8) is 0 Å². The van der Waals surface area contributed by atoms with Crippen molar-refractivity contribution in [2.45, 2.75) is 31.5 Å². The smallest absolute Gasteiger partial charge is 0.210 e. The van der Waals surface area contributed by atoms with Crippen LogP contribution in [0.3, 0.4) is 0 Å². The molecule has 0 radical (unpaired) electrons. The highest BCUT2D eigenvalue weighted by molar-refractivity contribution is 7.99. The number of nitrogens with zero attached hydrogens (tertiary/aromatic N) is 3. The fraction of sp³-hybridized carbons (Fsp3) is 0.300. The first kappa shape index (κ1) is 20.0. The zero-order valence-electron chi connectivity index (χ0n) is 15.8. The largest absolute Gasteiger partial charge is 0.493 e. The van der Waals surface area contributed by atoms with E-state index in [0.717, 1.165) is 5.75 Å². The van der Waals surface area contributed by atoms with Crippen LogP contribution in [-0.4, -0.2) is 27.2 Å². The molecule has 3 aromatic rings. The predicted octanol–water partition coefficient (Wildman–Crippen LogP) is 4.00. The summed E-state index contributed by atoms with van der Waals surface area (Å²) in [6.45, 7) is 4.97. The van der Waals surface area contributed by atoms with E-state index in [4.69, 9.17) is 15.3 Å². The van der Waals surface area contributed by atoms with Gasteiger partial charge in [-0.1, -0.05) is 37.7 Å². The van der Waals surface area contributed by atoms with Crippen LogP contribution in [0.25, 0.3) is 0 Å². The highest BCUT2D eigenvalue weighted by Gasteiger charge is 2.11. The molecule has 1 heterocycles. The van der Waals surface area contributed by atoms with E-state index >= 15 is 0 Å². The summed E-state index contributed by atoms with van der Waals surface area (Å²) < 4.78 is 25.6. The summed E-state index contributed by atoms with van der Waals surface area (Å²) in [4.78, 5) is 0. The lowest BCUT2D eigenvalue weighted by Crippen LogP contribution is -2.16. The molecule has 0 aliphatic carbocycles. The summed E-state index contributed by atoms with van der Waals surface area (Å²) in [5, 5.41) is 8.75. The monoisotopic (exact) mass is 402 g/mol. The van der Waals surface area contributed by atoms with Gasteiger partial charge < -0.3 is 15.3 Å². The van der Waals surface area contributed by atoms with E-state index in [2.05, 4.69) is 36.2 Å². The number of thioether (sulfide) groups is 1. The molecule has 0 spiro atoms. The third kappa shape index (κ3) is 5.39. The van der Waals surface area contributed by atoms with Gasteiger partial charge in [0.05, 0.1) is 6.61 Å². The van der Waals surface area contributed by atoms with Crippen molar-refractivity contribution in [2.24, 2.45) is 0 Å². The molecule has 148 valence electrons. The summed E-state index contributed by atoms with van der Waals surface area (Å²) in [6, 6.07) is 13.9. The molecule has 2 aromatic carbocycles. The van der Waals surface area contributed by atoms with Gasteiger partial charge in [0.15, 0.2) is 5.82 Å². The molecule has 8 heteroatoms. The van der Waals surface area contributed by atoms with E-state index in [-0.39, 0.29) is 12.4 Å². The Kier molecular flexibility index (Phi) is 6.76. The van der Waals surface area contributed by atoms with E-state index in [1.807, 2.05) is 12.1 Å². The summed E-state index contributed by atoms with van der Waals surface area (Å²) in [7, 11) is 0. The second kappa shape index (κ2) is 9.45. The number of hydrogen-bond acceptors (Lipinski definition) is 6. The molecule has 0 aliphatic rings. The van der Waals surface area contributed by atoms with E-state index in [0.29, 0.717) is 35.0 Å². The van der Waals surface area contributed by atoms with Gasteiger partial charge in [-0.25, -0.2) is 9.07 Å². The fourth-order valence-electron chi connectivity index (χ4n) is 2.42. The lowest BCUT2D eigenvalue weighted by atomic mass is 10.0. The van der Waals surface area contributed by atoms with Gasteiger partial charge in [0, 0.05) is 5.75 Å². The maximum Gasteiger partial charge on any atom is 0.210 e. The molecule has 0 fully saturated rings. The third-order valence-corrected chi connectivity index (χ3v) is 4.95. The van der Waals surface area contributed by atoms with Crippen LogP contribution in [0.4, 0.5) is 4.39 Å². The topological polar surface area (TPSA) is 75.2 Å². The highest BCUT2D eigenvalue weighted by atomic mass is 32.2. The molecule has 0 unspecified atom stereocenters. The number of benzene rings is 2. The molecule has 0 aliphatic heterocycles. The lowest BCUT2D eigenvalue weighted by molar-refractivity contribution is 0.291. The number of rotatable bonds is 9. The zero-order chi connectivity index (χ0) is 19.9. The average molecular weight is 402 g/mol. The Labute approximate surface area is 167 Å². The van der Waals surface area contributed by atoms with Gasteiger partial charge in [-0.2, -0.15) is 0 Å². The Bertz CT molecular complexity index is 882. The predicted molar refractivity (Wildman–Crippen MR) is 108 cm³/mol. The fourth-order valence-corrected chi connectivity index (χ4v) is 3.12. The minimum atomic E-state index is -0.288. The molecule has 1 aromatic heterocycles. The van der Waals surface area contributed by atoms with Gasteiger partial charge in [0.1, 0.15) is 23.9 Å². The second-order valence-electron chi connectivity index (χ2n) is 6.43. The first-order valence-electron chi connectivity index (χ1n) is 8.96.